The van der Waals surface area contributed by atoms with Crippen molar-refractivity contribution < 1.29 is 17.5 Å². The van der Waals surface area contributed by atoms with Crippen LogP contribution in [0, 0.1) is 10.1 Å². The van der Waals surface area contributed by atoms with Crippen molar-refractivity contribution >= 4 is 43.3 Å². The number of hydrogen-bond donors (Lipinski definition) is 2. The summed E-state index contributed by atoms with van der Waals surface area (Å²) >= 11 is 0. The van der Waals surface area contributed by atoms with E-state index < -0.39 is 20.5 Å². The highest BCUT2D eigenvalue weighted by Crippen LogP contribution is 2.30. The molecule has 0 aliphatic rings. The van der Waals surface area contributed by atoms with E-state index in [4.69, 9.17) is 4.18 Å². The second-order valence-electron chi connectivity index (χ2n) is 7.17. The minimum absolute atomic E-state index is 0.0132. The van der Waals surface area contributed by atoms with E-state index in [-0.39, 0.29) is 27.7 Å². The first-order valence-corrected chi connectivity index (χ1v) is 10.9. The monoisotopic (exact) mass is 434 g/mol. The van der Waals surface area contributed by atoms with Gasteiger partial charge in [-0.3, -0.25) is 14.9 Å². The summed E-state index contributed by atoms with van der Waals surface area (Å²) in [5.74, 6) is -0.0132. The van der Waals surface area contributed by atoms with Gasteiger partial charge in [-0.25, -0.2) is 0 Å². The number of hydrogen-bond acceptors (Lipinski definition) is 8. The molecule has 0 radical (unpaired) electrons. The van der Waals surface area contributed by atoms with E-state index in [0.717, 1.165) is 19.2 Å². The number of aromatic amines is 1. The fourth-order valence-corrected chi connectivity index (χ4v) is 3.64. The molecule has 0 aliphatic heterocycles. The number of aromatic nitrogens is 1. The molecular weight excluding hydrogens is 412 g/mol. The Labute approximate surface area is 172 Å². The molecular formula is C19H22N4O6S. The van der Waals surface area contributed by atoms with Gasteiger partial charge >= 0.3 is 10.1 Å². The number of nitro benzene ring substituents is 1. The Morgan fingerprint density at radius 1 is 1.23 bits per heavy atom. The van der Waals surface area contributed by atoms with Crippen LogP contribution < -0.4 is 14.9 Å². The van der Waals surface area contributed by atoms with Crippen LogP contribution in [0.5, 0.6) is 5.75 Å². The predicted molar refractivity (Wildman–Crippen MR) is 116 cm³/mol. The first-order valence-electron chi connectivity index (χ1n) is 9.12. The van der Waals surface area contributed by atoms with Crippen LogP contribution in [0.25, 0.3) is 21.8 Å². The topological polar surface area (TPSA) is 135 Å². The minimum Gasteiger partial charge on any atom is -0.384 e. The highest BCUT2D eigenvalue weighted by Gasteiger charge is 2.20. The molecule has 11 heteroatoms. The summed E-state index contributed by atoms with van der Waals surface area (Å²) in [5, 5.41) is 15.0. The molecule has 0 saturated carbocycles. The van der Waals surface area contributed by atoms with Crippen LogP contribution in [0.15, 0.2) is 35.1 Å². The van der Waals surface area contributed by atoms with E-state index in [9.17, 15) is 23.3 Å². The first-order chi connectivity index (χ1) is 14.1. The molecule has 30 heavy (non-hydrogen) atoms. The summed E-state index contributed by atoms with van der Waals surface area (Å²) in [5.41, 5.74) is 0.218. The summed E-state index contributed by atoms with van der Waals surface area (Å²) in [6.07, 6.45) is 1.71. The van der Waals surface area contributed by atoms with Crippen molar-refractivity contribution in [3.05, 3.63) is 50.7 Å². The second kappa shape index (κ2) is 8.28. The van der Waals surface area contributed by atoms with Crippen LogP contribution in [0.1, 0.15) is 6.42 Å². The summed E-state index contributed by atoms with van der Waals surface area (Å²) in [6.45, 7) is 1.41. The molecule has 2 N–H and O–H groups in total. The smallest absolute Gasteiger partial charge is 0.306 e. The largest absolute Gasteiger partial charge is 0.384 e. The normalized spacial score (nSPS) is 11.9. The van der Waals surface area contributed by atoms with Crippen molar-refractivity contribution in [1.29, 1.82) is 0 Å². The number of nitro groups is 1. The average molecular weight is 434 g/mol. The Morgan fingerprint density at radius 2 is 1.97 bits per heavy atom. The number of nitrogens with one attached hydrogen (secondary N) is 2. The molecule has 0 spiro atoms. The Morgan fingerprint density at radius 3 is 2.60 bits per heavy atom. The lowest BCUT2D eigenvalue weighted by molar-refractivity contribution is -0.383. The summed E-state index contributed by atoms with van der Waals surface area (Å²) in [4.78, 5) is 29.2. The van der Waals surface area contributed by atoms with Crippen molar-refractivity contribution in [3.8, 4) is 5.75 Å². The van der Waals surface area contributed by atoms with Gasteiger partial charge in [-0.2, -0.15) is 8.42 Å². The Kier molecular flexibility index (Phi) is 5.94. The van der Waals surface area contributed by atoms with Gasteiger partial charge in [-0.15, -0.1) is 0 Å². The summed E-state index contributed by atoms with van der Waals surface area (Å²) < 4.78 is 27.7. The lowest BCUT2D eigenvalue weighted by Crippen LogP contribution is -2.17. The van der Waals surface area contributed by atoms with Gasteiger partial charge in [0, 0.05) is 23.7 Å². The van der Waals surface area contributed by atoms with E-state index in [1.807, 2.05) is 19.0 Å². The Hall–Kier alpha value is -3.18. The number of H-pyrrole nitrogens is 1. The first kappa shape index (κ1) is 21.5. The number of nitrogens with zero attached hydrogens (tertiary/aromatic N) is 2. The van der Waals surface area contributed by atoms with Crippen LogP contribution in [-0.2, 0) is 10.1 Å². The summed E-state index contributed by atoms with van der Waals surface area (Å²) in [7, 11) is 0.138. The standard InChI is InChI=1S/C19H22N4O6S/c1-22(2)10-4-9-20-15-7-8-16(23(25)26)18-17(15)19(24)13-11-12(29-30(3,27)28)5-6-14(13)21-18/h5-8,11,20H,4,9-10H2,1-3H3,(H,21,24). The summed E-state index contributed by atoms with van der Waals surface area (Å²) in [6, 6.07) is 6.99. The van der Waals surface area contributed by atoms with Crippen LogP contribution >= 0.6 is 0 Å². The van der Waals surface area contributed by atoms with Gasteiger partial charge in [-0.05, 0) is 51.3 Å². The predicted octanol–water partition coefficient (Wildman–Crippen LogP) is 2.29. The number of rotatable bonds is 8. The van der Waals surface area contributed by atoms with Gasteiger partial charge in [0.05, 0.1) is 22.1 Å². The third kappa shape index (κ3) is 4.69. The maximum absolute atomic E-state index is 13.2. The van der Waals surface area contributed by atoms with Crippen molar-refractivity contribution in [3.63, 3.8) is 0 Å². The van der Waals surface area contributed by atoms with Gasteiger partial charge < -0.3 is 19.4 Å². The number of benzene rings is 2. The molecule has 1 heterocycles. The van der Waals surface area contributed by atoms with Crippen molar-refractivity contribution in [2.75, 3.05) is 38.8 Å². The van der Waals surface area contributed by atoms with Crippen molar-refractivity contribution in [1.82, 2.24) is 9.88 Å². The SMILES string of the molecule is CN(C)CCCNc1ccc([N+](=O)[O-])c2[nH]c3ccc(OS(C)(=O)=O)cc3c(=O)c12. The van der Waals surface area contributed by atoms with Gasteiger partial charge in [0.15, 0.2) is 5.43 Å². The molecule has 0 amide bonds. The van der Waals surface area contributed by atoms with Gasteiger partial charge in [0.2, 0.25) is 0 Å². The number of pyridine rings is 1. The quantitative estimate of drug-likeness (QED) is 0.181. The molecule has 3 aromatic rings. The zero-order valence-electron chi connectivity index (χ0n) is 16.8. The van der Waals surface area contributed by atoms with Gasteiger partial charge in [-0.1, -0.05) is 0 Å². The van der Waals surface area contributed by atoms with Gasteiger partial charge in [0.25, 0.3) is 5.69 Å². The van der Waals surface area contributed by atoms with Crippen molar-refractivity contribution in [2.45, 2.75) is 6.42 Å². The minimum atomic E-state index is -3.77. The zero-order valence-corrected chi connectivity index (χ0v) is 17.6. The highest BCUT2D eigenvalue weighted by molar-refractivity contribution is 7.86. The molecule has 0 atom stereocenters. The number of fused-ring (bicyclic) bond motifs is 2. The van der Waals surface area contributed by atoms with Crippen molar-refractivity contribution in [2.24, 2.45) is 0 Å². The maximum Gasteiger partial charge on any atom is 0.306 e. The van der Waals surface area contributed by atoms with Crippen LogP contribution in [0.4, 0.5) is 11.4 Å². The third-order valence-corrected chi connectivity index (χ3v) is 4.94. The average Bonchev–Trinajstić information content (AvgIpc) is 2.64. The molecule has 0 aliphatic carbocycles. The maximum atomic E-state index is 13.2. The highest BCUT2D eigenvalue weighted by atomic mass is 32.2. The molecule has 2 aromatic carbocycles. The van der Waals surface area contributed by atoms with Crippen LogP contribution in [-0.4, -0.2) is 56.7 Å². The molecule has 0 fully saturated rings. The number of anilines is 1. The lowest BCUT2D eigenvalue weighted by atomic mass is 10.1. The molecule has 1 aromatic heterocycles. The molecule has 0 unspecified atom stereocenters. The molecule has 10 nitrogen and oxygen atoms in total. The fraction of sp³-hybridized carbons (Fsp3) is 0.316. The third-order valence-electron chi connectivity index (χ3n) is 4.45. The molecule has 0 saturated heterocycles. The van der Waals surface area contributed by atoms with E-state index in [1.54, 1.807) is 0 Å². The van der Waals surface area contributed by atoms with Crippen LogP contribution in [0.2, 0.25) is 0 Å². The molecule has 0 bridgehead atoms. The number of non-ortho nitro benzene ring substituents is 1. The lowest BCUT2D eigenvalue weighted by Gasteiger charge is -2.13. The zero-order chi connectivity index (χ0) is 22.1. The Bertz CT molecular complexity index is 1280. The molecule has 3 rings (SSSR count). The van der Waals surface area contributed by atoms with Crippen LogP contribution in [0.3, 0.4) is 0 Å². The van der Waals surface area contributed by atoms with E-state index in [1.165, 1.54) is 30.3 Å². The van der Waals surface area contributed by atoms with E-state index in [0.29, 0.717) is 17.7 Å². The van der Waals surface area contributed by atoms with E-state index >= 15 is 0 Å². The molecule has 160 valence electrons. The Balaban J connectivity index is 2.18. The van der Waals surface area contributed by atoms with E-state index in [2.05, 4.69) is 10.3 Å². The second-order valence-corrected chi connectivity index (χ2v) is 8.75. The fourth-order valence-electron chi connectivity index (χ4n) is 3.19. The van der Waals surface area contributed by atoms with Gasteiger partial charge in [0.1, 0.15) is 11.3 Å².